The Kier molecular flexibility index (Phi) is 6.66. The quantitative estimate of drug-likeness (QED) is 0.119. The van der Waals surface area contributed by atoms with Crippen LogP contribution < -0.4 is 20.3 Å². The number of piperidine rings is 1. The summed E-state index contributed by atoms with van der Waals surface area (Å²) in [5, 5.41) is 108. The molecule has 12 N–H and O–H groups in total. The first-order valence-electron chi connectivity index (χ1n) is 12.3. The fourth-order valence-corrected chi connectivity index (χ4v) is 4.98. The minimum absolute atomic E-state index is 0.0248. The molecule has 0 atom stereocenters. The van der Waals surface area contributed by atoms with Crippen molar-refractivity contribution in [2.24, 2.45) is 5.73 Å². The van der Waals surface area contributed by atoms with Crippen LogP contribution in [-0.2, 0) is 10.6 Å². The number of anilines is 2. The van der Waals surface area contributed by atoms with Gasteiger partial charge in [-0.3, -0.25) is 19.3 Å². The molecule has 1 saturated heterocycles. The van der Waals surface area contributed by atoms with E-state index >= 15 is 0 Å². The van der Waals surface area contributed by atoms with Gasteiger partial charge in [0.05, 0.1) is 24.8 Å². The van der Waals surface area contributed by atoms with E-state index in [9.17, 15) is 65.4 Å². The highest BCUT2D eigenvalue weighted by Gasteiger charge is 2.70. The summed E-state index contributed by atoms with van der Waals surface area (Å²) in [7, 11) is 1.38. The average Bonchev–Trinajstić information content (AvgIpc) is 3.34. The smallest absolute Gasteiger partial charge is 0.316 e. The minimum Gasteiger partial charge on any atom is -0.497 e. The van der Waals surface area contributed by atoms with E-state index in [0.29, 0.717) is 5.75 Å². The molecule has 19 heteroatoms. The Morgan fingerprint density at radius 1 is 0.795 bits per heavy atom. The summed E-state index contributed by atoms with van der Waals surface area (Å²) in [4.78, 5) is 38.6. The van der Waals surface area contributed by atoms with Crippen molar-refractivity contribution in [2.45, 2.75) is 35.6 Å². The molecule has 0 unspecified atom stereocenters. The first-order valence-corrected chi connectivity index (χ1v) is 12.3. The fraction of sp³-hybridized carbons (Fsp3) is 0.280. The number of hydrogen-bond acceptors (Lipinski definition) is 15. The molecule has 0 saturated carbocycles. The lowest BCUT2D eigenvalue weighted by Gasteiger charge is -2.51. The van der Waals surface area contributed by atoms with Crippen molar-refractivity contribution in [3.63, 3.8) is 0 Å². The van der Waals surface area contributed by atoms with Gasteiger partial charge < -0.3 is 61.5 Å². The zero-order chi connectivity index (χ0) is 32.8. The van der Waals surface area contributed by atoms with Crippen LogP contribution in [0.1, 0.15) is 33.0 Å². The summed E-state index contributed by atoms with van der Waals surface area (Å²) < 4.78 is 5.88. The van der Waals surface area contributed by atoms with Crippen molar-refractivity contribution in [3.8, 4) is 11.4 Å². The highest BCUT2D eigenvalue weighted by Crippen LogP contribution is 2.45. The number of primary amides is 1. The molecular weight excluding hydrogens is 594 g/mol. The van der Waals surface area contributed by atoms with E-state index in [1.165, 1.54) is 31.4 Å². The molecule has 0 aliphatic carbocycles. The summed E-state index contributed by atoms with van der Waals surface area (Å²) >= 11 is 0. The van der Waals surface area contributed by atoms with Gasteiger partial charge in [0.1, 0.15) is 11.4 Å². The van der Waals surface area contributed by atoms with Crippen molar-refractivity contribution >= 4 is 29.1 Å². The van der Waals surface area contributed by atoms with Gasteiger partial charge in [0.2, 0.25) is 11.7 Å². The maximum atomic E-state index is 13.9. The first kappa shape index (κ1) is 30.9. The number of carbonyl (C=O) groups is 3. The summed E-state index contributed by atoms with van der Waals surface area (Å²) in [6.45, 7) is 0. The van der Waals surface area contributed by atoms with Crippen molar-refractivity contribution in [1.82, 2.24) is 9.78 Å². The predicted molar refractivity (Wildman–Crippen MR) is 139 cm³/mol. The van der Waals surface area contributed by atoms with E-state index in [2.05, 4.69) is 5.10 Å². The number of ether oxygens (including phenoxy) is 1. The lowest BCUT2D eigenvalue weighted by molar-refractivity contribution is -0.455. The van der Waals surface area contributed by atoms with Gasteiger partial charge in [0.25, 0.3) is 23.4 Å². The number of methoxy groups -OCH3 is 1. The zero-order valence-electron chi connectivity index (χ0n) is 22.3. The molecule has 3 heterocycles. The lowest BCUT2D eigenvalue weighted by atomic mass is 9.91. The summed E-state index contributed by atoms with van der Waals surface area (Å²) in [6.07, 6.45) is -1.41. The van der Waals surface area contributed by atoms with Crippen molar-refractivity contribution < 1.29 is 70.2 Å². The molecule has 2 aromatic carbocycles. The number of rotatable bonds is 5. The standard InChI is InChI=1S/C25H25N5O14/c1-44-14-8-6-13(7-9-14)30-18-16(17(27-30)19(26)32)22(36,37)24(40,41)29(20(18)33)12-4-2-11(3-5-12)28-15(31)10-21(34,35)23(38,39)25(28,42)43/h2-9,34-43H,10H2,1H3,(H2,26,32). The SMILES string of the molecule is COc1ccc(-n2nc(C(N)=O)c3c2C(=O)N(c2ccc(N4C(=O)CC(O)(O)C(O)(O)C4(O)O)cc2)C(O)(O)C3(O)O)cc1. The van der Waals surface area contributed by atoms with Gasteiger partial charge in [-0.15, -0.1) is 0 Å². The predicted octanol–water partition coefficient (Wildman–Crippen LogP) is -4.85. The van der Waals surface area contributed by atoms with Gasteiger partial charge >= 0.3 is 11.8 Å². The average molecular weight is 619 g/mol. The highest BCUT2D eigenvalue weighted by atomic mass is 16.7. The second-order valence-electron chi connectivity index (χ2n) is 10.0. The maximum absolute atomic E-state index is 13.9. The van der Waals surface area contributed by atoms with Crippen LogP contribution in [0.4, 0.5) is 11.4 Å². The summed E-state index contributed by atoms with van der Waals surface area (Å²) in [6, 6.07) is 8.99. The number of aromatic nitrogens is 2. The molecule has 5 rings (SSSR count). The molecule has 1 fully saturated rings. The third-order valence-electron chi connectivity index (χ3n) is 7.32. The number of fused-ring (bicyclic) bond motifs is 1. The normalized spacial score (nSPS) is 21.2. The number of nitrogens with two attached hydrogens (primary N) is 1. The largest absolute Gasteiger partial charge is 0.497 e. The van der Waals surface area contributed by atoms with Crippen molar-refractivity contribution in [3.05, 3.63) is 65.5 Å². The molecule has 234 valence electrons. The van der Waals surface area contributed by atoms with Crippen LogP contribution in [0.3, 0.4) is 0 Å². The summed E-state index contributed by atoms with van der Waals surface area (Å²) in [5.74, 6) is -23.3. The summed E-state index contributed by atoms with van der Waals surface area (Å²) in [5.41, 5.74) is 1.68. The second-order valence-corrected chi connectivity index (χ2v) is 10.0. The van der Waals surface area contributed by atoms with E-state index in [4.69, 9.17) is 10.5 Å². The van der Waals surface area contributed by atoms with Gasteiger partial charge in [-0.05, 0) is 48.5 Å². The Morgan fingerprint density at radius 3 is 1.80 bits per heavy atom. The fourth-order valence-electron chi connectivity index (χ4n) is 4.98. The van der Waals surface area contributed by atoms with E-state index < -0.39 is 81.7 Å². The molecule has 0 radical (unpaired) electrons. The Bertz CT molecular complexity index is 1680. The maximum Gasteiger partial charge on any atom is 0.316 e. The zero-order valence-corrected chi connectivity index (χ0v) is 22.3. The number of nitrogens with zero attached hydrogens (tertiary/aromatic N) is 4. The third kappa shape index (κ3) is 4.01. The van der Waals surface area contributed by atoms with Crippen molar-refractivity contribution in [2.75, 3.05) is 16.9 Å². The minimum atomic E-state index is -4.09. The van der Waals surface area contributed by atoms with Gasteiger partial charge in [0, 0.05) is 11.4 Å². The van der Waals surface area contributed by atoms with Crippen LogP contribution in [0.25, 0.3) is 5.69 Å². The molecule has 1 aromatic heterocycles. The third-order valence-corrected chi connectivity index (χ3v) is 7.32. The molecule has 19 nitrogen and oxygen atoms in total. The van der Waals surface area contributed by atoms with E-state index in [0.717, 1.165) is 28.9 Å². The van der Waals surface area contributed by atoms with Crippen LogP contribution in [0.2, 0.25) is 0 Å². The monoisotopic (exact) mass is 619 g/mol. The Hall–Kier alpha value is -4.54. The van der Waals surface area contributed by atoms with Crippen molar-refractivity contribution in [1.29, 1.82) is 0 Å². The van der Waals surface area contributed by atoms with Crippen LogP contribution >= 0.6 is 0 Å². The first-order chi connectivity index (χ1) is 20.2. The van der Waals surface area contributed by atoms with E-state index in [1.54, 1.807) is 0 Å². The Balaban J connectivity index is 1.64. The molecule has 3 aromatic rings. The van der Waals surface area contributed by atoms with Crippen LogP contribution in [0.5, 0.6) is 5.75 Å². The van der Waals surface area contributed by atoms with Crippen LogP contribution in [-0.4, -0.2) is 109 Å². The van der Waals surface area contributed by atoms with E-state index in [1.807, 2.05) is 0 Å². The molecule has 3 amide bonds. The number of amides is 3. The lowest BCUT2D eigenvalue weighted by Crippen LogP contribution is -2.79. The number of hydrogen-bond donors (Lipinski definition) is 11. The number of carbonyl (C=O) groups excluding carboxylic acids is 3. The Labute approximate surface area is 244 Å². The molecular formula is C25H25N5O14. The number of aliphatic hydroxyl groups is 10. The Morgan fingerprint density at radius 2 is 1.30 bits per heavy atom. The van der Waals surface area contributed by atoms with Crippen LogP contribution in [0.15, 0.2) is 48.5 Å². The molecule has 0 bridgehead atoms. The second kappa shape index (κ2) is 9.48. The van der Waals surface area contributed by atoms with Gasteiger partial charge in [-0.2, -0.15) is 5.10 Å². The molecule has 2 aliphatic heterocycles. The molecule has 0 spiro atoms. The number of benzene rings is 2. The van der Waals surface area contributed by atoms with Crippen LogP contribution in [0, 0.1) is 0 Å². The van der Waals surface area contributed by atoms with Gasteiger partial charge in [-0.25, -0.2) is 9.58 Å². The van der Waals surface area contributed by atoms with Gasteiger partial charge in [0.15, 0.2) is 5.69 Å². The van der Waals surface area contributed by atoms with E-state index in [-0.39, 0.29) is 15.5 Å². The molecule has 2 aliphatic rings. The van der Waals surface area contributed by atoms with Gasteiger partial charge in [-0.1, -0.05) is 0 Å². The topological polar surface area (TPSA) is 313 Å². The molecule has 44 heavy (non-hydrogen) atoms. The highest BCUT2D eigenvalue weighted by molar-refractivity contribution is 6.11.